The highest BCUT2D eigenvalue weighted by Gasteiger charge is 2.59. The Balaban J connectivity index is 2.76. The summed E-state index contributed by atoms with van der Waals surface area (Å²) in [6, 6.07) is 0. The van der Waals surface area contributed by atoms with Crippen molar-refractivity contribution in [2.24, 2.45) is 0 Å². The molecule has 0 aromatic carbocycles. The first kappa shape index (κ1) is 16.3. The molecule has 0 saturated carbocycles. The summed E-state index contributed by atoms with van der Waals surface area (Å²) in [5.74, 6) is -5.47. The van der Waals surface area contributed by atoms with Crippen molar-refractivity contribution < 1.29 is 23.4 Å². The predicted molar refractivity (Wildman–Crippen MR) is 67.1 cm³/mol. The SMILES string of the molecule is CCCN1CCCC(O)(C(F)(F)C(=O)OCC)CC1. The van der Waals surface area contributed by atoms with Gasteiger partial charge in [0.2, 0.25) is 0 Å². The molecule has 1 heterocycles. The minimum atomic E-state index is -3.84. The van der Waals surface area contributed by atoms with Crippen LogP contribution < -0.4 is 0 Å². The van der Waals surface area contributed by atoms with Crippen LogP contribution in [0.4, 0.5) is 8.78 Å². The van der Waals surface area contributed by atoms with Gasteiger partial charge in [-0.3, -0.25) is 0 Å². The van der Waals surface area contributed by atoms with Crippen molar-refractivity contribution in [3.8, 4) is 0 Å². The fourth-order valence-corrected chi connectivity index (χ4v) is 2.44. The summed E-state index contributed by atoms with van der Waals surface area (Å²) in [5, 5.41) is 10.2. The molecule has 1 fully saturated rings. The van der Waals surface area contributed by atoms with Crippen molar-refractivity contribution in [1.82, 2.24) is 4.90 Å². The number of carbonyl (C=O) groups excluding carboxylic acids is 1. The molecule has 1 saturated heterocycles. The Labute approximate surface area is 112 Å². The van der Waals surface area contributed by atoms with Gasteiger partial charge < -0.3 is 14.7 Å². The second-order valence-electron chi connectivity index (χ2n) is 5.02. The Morgan fingerprint density at radius 3 is 2.63 bits per heavy atom. The van der Waals surface area contributed by atoms with Gasteiger partial charge in [0.1, 0.15) is 5.60 Å². The van der Waals surface area contributed by atoms with E-state index in [2.05, 4.69) is 4.74 Å². The highest BCUT2D eigenvalue weighted by molar-refractivity contribution is 5.79. The molecule has 1 N–H and O–H groups in total. The molecule has 4 nitrogen and oxygen atoms in total. The molecule has 0 aliphatic carbocycles. The molecule has 112 valence electrons. The van der Waals surface area contributed by atoms with Gasteiger partial charge in [-0.2, -0.15) is 8.78 Å². The molecule has 0 radical (unpaired) electrons. The van der Waals surface area contributed by atoms with Gasteiger partial charge in [-0.25, -0.2) is 4.79 Å². The van der Waals surface area contributed by atoms with Crippen LogP contribution in [0.5, 0.6) is 0 Å². The second kappa shape index (κ2) is 6.61. The number of ether oxygens (including phenoxy) is 1. The van der Waals surface area contributed by atoms with Crippen molar-refractivity contribution in [1.29, 1.82) is 0 Å². The van der Waals surface area contributed by atoms with Crippen LogP contribution in [0.1, 0.15) is 39.5 Å². The Morgan fingerprint density at radius 1 is 1.37 bits per heavy atom. The molecular formula is C13H23F2NO3. The van der Waals surface area contributed by atoms with Crippen molar-refractivity contribution >= 4 is 5.97 Å². The zero-order chi connectivity index (χ0) is 14.5. The van der Waals surface area contributed by atoms with Crippen LogP contribution in [0.2, 0.25) is 0 Å². The lowest BCUT2D eigenvalue weighted by molar-refractivity contribution is -0.216. The first-order chi connectivity index (χ1) is 8.87. The van der Waals surface area contributed by atoms with Crippen LogP contribution in [0.3, 0.4) is 0 Å². The van der Waals surface area contributed by atoms with E-state index in [1.165, 1.54) is 6.92 Å². The summed E-state index contributed by atoms with van der Waals surface area (Å²) in [5.41, 5.74) is -2.29. The third kappa shape index (κ3) is 3.63. The summed E-state index contributed by atoms with van der Waals surface area (Å²) >= 11 is 0. The van der Waals surface area contributed by atoms with Crippen LogP contribution in [-0.4, -0.2) is 53.7 Å². The number of esters is 1. The van der Waals surface area contributed by atoms with Gasteiger partial charge >= 0.3 is 11.9 Å². The van der Waals surface area contributed by atoms with Crippen molar-refractivity contribution in [2.75, 3.05) is 26.2 Å². The number of halogens is 2. The summed E-state index contributed by atoms with van der Waals surface area (Å²) < 4.78 is 32.4. The molecule has 1 rings (SSSR count). The maximum absolute atomic E-state index is 14.0. The number of hydrogen-bond acceptors (Lipinski definition) is 4. The largest absolute Gasteiger partial charge is 0.461 e. The van der Waals surface area contributed by atoms with Crippen LogP contribution in [0.15, 0.2) is 0 Å². The zero-order valence-electron chi connectivity index (χ0n) is 11.6. The fraction of sp³-hybridized carbons (Fsp3) is 0.923. The van der Waals surface area contributed by atoms with Gasteiger partial charge in [-0.05, 0) is 45.7 Å². The highest BCUT2D eigenvalue weighted by Crippen LogP contribution is 2.38. The van der Waals surface area contributed by atoms with E-state index < -0.39 is 17.5 Å². The molecule has 0 bridgehead atoms. The molecule has 6 heteroatoms. The zero-order valence-corrected chi connectivity index (χ0v) is 11.6. The number of rotatable bonds is 5. The summed E-state index contributed by atoms with van der Waals surface area (Å²) in [6.45, 7) is 5.24. The Hall–Kier alpha value is -0.750. The maximum atomic E-state index is 14.0. The molecule has 0 aromatic heterocycles. The summed E-state index contributed by atoms with van der Waals surface area (Å²) in [7, 11) is 0. The number of likely N-dealkylation sites (tertiary alicyclic amines) is 1. The standard InChI is InChI=1S/C13H23F2NO3/c1-3-8-16-9-5-6-12(18,7-10-16)13(14,15)11(17)19-4-2/h18H,3-10H2,1-2H3. The third-order valence-corrected chi connectivity index (χ3v) is 3.56. The van der Waals surface area contributed by atoms with Gasteiger partial charge in [-0.1, -0.05) is 6.92 Å². The van der Waals surface area contributed by atoms with Gasteiger partial charge in [0.05, 0.1) is 6.61 Å². The van der Waals surface area contributed by atoms with E-state index in [0.717, 1.165) is 13.0 Å². The van der Waals surface area contributed by atoms with E-state index in [1.54, 1.807) is 0 Å². The number of alkyl halides is 2. The Morgan fingerprint density at radius 2 is 2.05 bits per heavy atom. The molecule has 0 spiro atoms. The van der Waals surface area contributed by atoms with E-state index in [4.69, 9.17) is 0 Å². The number of hydrogen-bond donors (Lipinski definition) is 1. The van der Waals surface area contributed by atoms with Gasteiger partial charge in [0.15, 0.2) is 0 Å². The van der Waals surface area contributed by atoms with Gasteiger partial charge in [0.25, 0.3) is 0 Å². The number of aliphatic hydroxyl groups is 1. The van der Waals surface area contributed by atoms with Crippen molar-refractivity contribution in [3.05, 3.63) is 0 Å². The van der Waals surface area contributed by atoms with E-state index in [1.807, 2.05) is 11.8 Å². The highest BCUT2D eigenvalue weighted by atomic mass is 19.3. The Bertz CT molecular complexity index is 312. The fourth-order valence-electron chi connectivity index (χ4n) is 2.44. The first-order valence-electron chi connectivity index (χ1n) is 6.87. The van der Waals surface area contributed by atoms with Crippen LogP contribution in [0, 0.1) is 0 Å². The van der Waals surface area contributed by atoms with E-state index in [9.17, 15) is 18.7 Å². The van der Waals surface area contributed by atoms with Gasteiger partial charge in [-0.15, -0.1) is 0 Å². The van der Waals surface area contributed by atoms with Crippen LogP contribution >= 0.6 is 0 Å². The first-order valence-corrected chi connectivity index (χ1v) is 6.87. The Kier molecular flexibility index (Phi) is 5.67. The molecule has 0 amide bonds. The number of nitrogens with zero attached hydrogens (tertiary/aromatic N) is 1. The van der Waals surface area contributed by atoms with Crippen LogP contribution in [0.25, 0.3) is 0 Å². The second-order valence-corrected chi connectivity index (χ2v) is 5.02. The van der Waals surface area contributed by atoms with Crippen molar-refractivity contribution in [3.63, 3.8) is 0 Å². The van der Waals surface area contributed by atoms with E-state index >= 15 is 0 Å². The van der Waals surface area contributed by atoms with Crippen LogP contribution in [-0.2, 0) is 9.53 Å². The normalized spacial score (nSPS) is 25.9. The lowest BCUT2D eigenvalue weighted by Crippen LogP contribution is -2.54. The molecule has 19 heavy (non-hydrogen) atoms. The summed E-state index contributed by atoms with van der Waals surface area (Å²) in [6.07, 6.45) is 1.19. The lowest BCUT2D eigenvalue weighted by atomic mass is 9.87. The van der Waals surface area contributed by atoms with Gasteiger partial charge in [0, 0.05) is 6.54 Å². The predicted octanol–water partition coefficient (Wildman–Crippen LogP) is 1.81. The maximum Gasteiger partial charge on any atom is 0.380 e. The molecule has 1 atom stereocenters. The molecule has 1 aliphatic heterocycles. The molecule has 1 aliphatic rings. The average molecular weight is 279 g/mol. The smallest absolute Gasteiger partial charge is 0.380 e. The summed E-state index contributed by atoms with van der Waals surface area (Å²) in [4.78, 5) is 13.4. The molecule has 1 unspecified atom stereocenters. The monoisotopic (exact) mass is 279 g/mol. The third-order valence-electron chi connectivity index (χ3n) is 3.56. The van der Waals surface area contributed by atoms with E-state index in [0.29, 0.717) is 19.5 Å². The minimum Gasteiger partial charge on any atom is -0.461 e. The van der Waals surface area contributed by atoms with Crippen molar-refractivity contribution in [2.45, 2.75) is 51.1 Å². The molecule has 0 aromatic rings. The topological polar surface area (TPSA) is 49.8 Å². The number of carbonyl (C=O) groups is 1. The average Bonchev–Trinajstić information content (AvgIpc) is 2.54. The quantitative estimate of drug-likeness (QED) is 0.780. The lowest BCUT2D eigenvalue weighted by Gasteiger charge is -2.33. The van der Waals surface area contributed by atoms with E-state index in [-0.39, 0.29) is 19.4 Å². The molecular weight excluding hydrogens is 256 g/mol. The minimum absolute atomic E-state index is 0.0843.